The Kier molecular flexibility index (Phi) is 5.50. The Balaban J connectivity index is 2.40. The van der Waals surface area contributed by atoms with Gasteiger partial charge >= 0.3 is 0 Å². The molecule has 1 amide bonds. The topological polar surface area (TPSA) is 130 Å². The van der Waals surface area contributed by atoms with Crippen molar-refractivity contribution in [2.75, 3.05) is 6.54 Å². The molecule has 2 heterocycles. The fraction of sp³-hybridized carbons (Fsp3) is 0.615. The van der Waals surface area contributed by atoms with Crippen LogP contribution in [0.4, 0.5) is 0 Å². The first-order valence-electron chi connectivity index (χ1n) is 7.35. The summed E-state index contributed by atoms with van der Waals surface area (Å²) in [6.45, 7) is 5.07. The average molecular weight is 397 g/mol. The van der Waals surface area contributed by atoms with E-state index in [1.165, 1.54) is 6.08 Å². The van der Waals surface area contributed by atoms with E-state index in [0.717, 1.165) is 6.92 Å². The molecule has 3 N–H and O–H groups in total. The Bertz CT molecular complexity index is 811. The summed E-state index contributed by atoms with van der Waals surface area (Å²) in [5.74, 6) is -1.07. The highest BCUT2D eigenvalue weighted by atomic mass is 32.3. The summed E-state index contributed by atoms with van der Waals surface area (Å²) in [7, 11) is -7.84. The maximum absolute atomic E-state index is 12.4. The summed E-state index contributed by atoms with van der Waals surface area (Å²) in [5.41, 5.74) is 0.648. The molecule has 2 aliphatic rings. The van der Waals surface area contributed by atoms with Crippen molar-refractivity contribution in [3.8, 4) is 0 Å². The third-order valence-electron chi connectivity index (χ3n) is 3.73. The summed E-state index contributed by atoms with van der Waals surface area (Å²) < 4.78 is 51.1. The number of likely N-dealkylation sites (N-methyl/N-ethyl adjacent to an activating group) is 1. The number of carbonyl (C=O) groups is 1. The number of aliphatic hydroxyl groups is 1. The van der Waals surface area contributed by atoms with Crippen molar-refractivity contribution in [1.29, 1.82) is 0 Å². The van der Waals surface area contributed by atoms with Gasteiger partial charge < -0.3 is 10.4 Å². The van der Waals surface area contributed by atoms with Crippen LogP contribution < -0.4 is 10.0 Å². The van der Waals surface area contributed by atoms with Gasteiger partial charge in [0, 0.05) is 0 Å². The van der Waals surface area contributed by atoms with Crippen LogP contribution in [-0.4, -0.2) is 51.8 Å². The Morgan fingerprint density at radius 3 is 2.67 bits per heavy atom. The second-order valence-corrected chi connectivity index (χ2v) is 11.2. The summed E-state index contributed by atoms with van der Waals surface area (Å²) in [6.07, 6.45) is 0.244. The molecule has 0 aromatic heterocycles. The second-order valence-electron chi connectivity index (χ2n) is 5.64. The van der Waals surface area contributed by atoms with E-state index in [0.29, 0.717) is 30.3 Å². The van der Waals surface area contributed by atoms with Gasteiger partial charge in [0.15, 0.2) is 9.84 Å². The number of sulfone groups is 1. The normalized spacial score (nSPS) is 27.4. The van der Waals surface area contributed by atoms with E-state index in [2.05, 4.69) is 5.32 Å². The van der Waals surface area contributed by atoms with Crippen LogP contribution in [0.3, 0.4) is 0 Å². The lowest BCUT2D eigenvalue weighted by atomic mass is 10.0. The van der Waals surface area contributed by atoms with Crippen LogP contribution in [0.5, 0.6) is 0 Å². The van der Waals surface area contributed by atoms with Gasteiger partial charge in [0.05, 0.1) is 11.3 Å². The second kappa shape index (κ2) is 6.79. The van der Waals surface area contributed by atoms with E-state index in [1.54, 1.807) is 11.6 Å². The quantitative estimate of drug-likeness (QED) is 0.582. The van der Waals surface area contributed by atoms with Crippen LogP contribution in [0.1, 0.15) is 27.2 Å². The van der Waals surface area contributed by atoms with Crippen LogP contribution in [0.15, 0.2) is 20.1 Å². The number of amides is 1. The first-order chi connectivity index (χ1) is 11.0. The molecule has 0 unspecified atom stereocenters. The summed E-state index contributed by atoms with van der Waals surface area (Å²) in [6, 6.07) is -0.529. The summed E-state index contributed by atoms with van der Waals surface area (Å²) >= 11 is 0.631. The number of nitrogens with one attached hydrogen (secondary N) is 2. The van der Waals surface area contributed by atoms with Gasteiger partial charge in [-0.1, -0.05) is 18.7 Å². The molecule has 0 aromatic carbocycles. The monoisotopic (exact) mass is 396 g/mol. The van der Waals surface area contributed by atoms with Crippen molar-refractivity contribution in [2.24, 2.45) is 0 Å². The largest absolute Gasteiger partial charge is 0.384 e. The van der Waals surface area contributed by atoms with Crippen LogP contribution in [0.2, 0.25) is 0 Å². The lowest BCUT2D eigenvalue weighted by Crippen LogP contribution is -2.39. The minimum absolute atomic E-state index is 0.0355. The highest BCUT2D eigenvalue weighted by Gasteiger charge is 2.43. The number of carbonyl (C=O) groups excluding carboxylic acids is 1. The van der Waals surface area contributed by atoms with Crippen molar-refractivity contribution < 1.29 is 26.7 Å². The van der Waals surface area contributed by atoms with Gasteiger partial charge in [-0.3, -0.25) is 4.79 Å². The number of rotatable bonds is 5. The standard InChI is InChI=1S/C13H20N2O6S3/c1-4-14-10-6-11(24(20,21)15-12(17)8(3)16)22-13-9(10)5-7(2)23(13,18)19/h6-8,10,14,16H,4-5H2,1-3H3,(H,15,17)/t7-,8-,10-/m0/s1. The zero-order chi connectivity index (χ0) is 18.3. The number of sulfonamides is 1. The highest BCUT2D eigenvalue weighted by molar-refractivity contribution is 8.28. The SMILES string of the molecule is CCN[C@H]1C=C(S(=O)(=O)NC(=O)[C@H](C)O)SC2=C1C[C@H](C)S2(=O)=O. The van der Waals surface area contributed by atoms with Crippen molar-refractivity contribution in [1.82, 2.24) is 10.0 Å². The molecule has 0 aromatic rings. The van der Waals surface area contributed by atoms with Gasteiger partial charge in [0.25, 0.3) is 15.9 Å². The van der Waals surface area contributed by atoms with Crippen molar-refractivity contribution in [2.45, 2.75) is 44.6 Å². The van der Waals surface area contributed by atoms with Crippen molar-refractivity contribution in [3.05, 3.63) is 20.1 Å². The van der Waals surface area contributed by atoms with E-state index in [9.17, 15) is 21.6 Å². The minimum Gasteiger partial charge on any atom is -0.384 e. The molecule has 0 saturated heterocycles. The lowest BCUT2D eigenvalue weighted by Gasteiger charge is -2.23. The van der Waals surface area contributed by atoms with E-state index in [4.69, 9.17) is 5.11 Å². The first kappa shape index (κ1) is 19.4. The maximum Gasteiger partial charge on any atom is 0.270 e. The van der Waals surface area contributed by atoms with E-state index in [1.807, 2.05) is 6.92 Å². The predicted molar refractivity (Wildman–Crippen MR) is 91.9 cm³/mol. The van der Waals surface area contributed by atoms with Gasteiger partial charge in [0.2, 0.25) is 0 Å². The van der Waals surface area contributed by atoms with Gasteiger partial charge in [-0.2, -0.15) is 0 Å². The van der Waals surface area contributed by atoms with Crippen LogP contribution in [-0.2, 0) is 24.7 Å². The molecule has 8 nitrogen and oxygen atoms in total. The van der Waals surface area contributed by atoms with Gasteiger partial charge in [-0.25, -0.2) is 21.6 Å². The van der Waals surface area contributed by atoms with E-state index < -0.39 is 43.2 Å². The molecular formula is C13H20N2O6S3. The third-order valence-corrected chi connectivity index (χ3v) is 9.51. The Hall–Kier alpha value is -0.880. The Labute approximate surface area is 145 Å². The molecular weight excluding hydrogens is 376 g/mol. The molecule has 0 spiro atoms. The van der Waals surface area contributed by atoms with E-state index in [-0.39, 0.29) is 8.47 Å². The molecule has 0 saturated carbocycles. The van der Waals surface area contributed by atoms with Crippen LogP contribution in [0.25, 0.3) is 0 Å². The maximum atomic E-state index is 12.4. The fourth-order valence-corrected chi connectivity index (χ4v) is 7.54. The molecule has 24 heavy (non-hydrogen) atoms. The number of thioether (sulfide) groups is 1. The average Bonchev–Trinajstić information content (AvgIpc) is 2.70. The molecule has 0 fully saturated rings. The summed E-state index contributed by atoms with van der Waals surface area (Å²) in [5, 5.41) is 11.6. The molecule has 2 aliphatic heterocycles. The number of aliphatic hydroxyl groups excluding tert-OH is 1. The van der Waals surface area contributed by atoms with E-state index >= 15 is 0 Å². The Morgan fingerprint density at radius 1 is 1.50 bits per heavy atom. The zero-order valence-corrected chi connectivity index (χ0v) is 15.9. The van der Waals surface area contributed by atoms with Crippen LogP contribution >= 0.6 is 11.8 Å². The molecule has 11 heteroatoms. The molecule has 3 atom stereocenters. The molecule has 0 aliphatic carbocycles. The third kappa shape index (κ3) is 3.54. The molecule has 2 rings (SSSR count). The molecule has 0 radical (unpaired) electrons. The number of hydrogen-bond acceptors (Lipinski definition) is 8. The number of hydrogen-bond donors (Lipinski definition) is 3. The zero-order valence-electron chi connectivity index (χ0n) is 13.4. The van der Waals surface area contributed by atoms with Crippen molar-refractivity contribution in [3.63, 3.8) is 0 Å². The predicted octanol–water partition coefficient (Wildman–Crippen LogP) is -0.202. The van der Waals surface area contributed by atoms with Gasteiger partial charge in [-0.05, 0) is 38.5 Å². The van der Waals surface area contributed by atoms with Crippen molar-refractivity contribution >= 4 is 37.5 Å². The fourth-order valence-electron chi connectivity index (χ4n) is 2.42. The first-order valence-corrected chi connectivity index (χ1v) is 11.2. The Morgan fingerprint density at radius 2 is 2.12 bits per heavy atom. The van der Waals surface area contributed by atoms with Gasteiger partial charge in [0.1, 0.15) is 14.6 Å². The van der Waals surface area contributed by atoms with Crippen LogP contribution in [0, 0.1) is 0 Å². The lowest BCUT2D eigenvalue weighted by molar-refractivity contribution is -0.126. The minimum atomic E-state index is -4.26. The highest BCUT2D eigenvalue weighted by Crippen LogP contribution is 2.47. The molecule has 0 bridgehead atoms. The van der Waals surface area contributed by atoms with Gasteiger partial charge in [-0.15, -0.1) is 0 Å². The smallest absolute Gasteiger partial charge is 0.270 e. The molecule has 136 valence electrons. The summed E-state index contributed by atoms with van der Waals surface area (Å²) in [4.78, 5) is 11.5.